The second kappa shape index (κ2) is 11.8. The van der Waals surface area contributed by atoms with E-state index < -0.39 is 10.0 Å². The lowest BCUT2D eigenvalue weighted by Gasteiger charge is -2.21. The number of rotatable bonds is 11. The lowest BCUT2D eigenvalue weighted by atomic mass is 10.2. The molecule has 0 saturated carbocycles. The van der Waals surface area contributed by atoms with Gasteiger partial charge in [0.2, 0.25) is 10.0 Å². The number of guanidine groups is 1. The molecule has 7 nitrogen and oxygen atoms in total. The van der Waals surface area contributed by atoms with Gasteiger partial charge in [0.25, 0.3) is 0 Å². The first kappa shape index (κ1) is 23.2. The summed E-state index contributed by atoms with van der Waals surface area (Å²) in [7, 11) is -1.50. The Morgan fingerprint density at radius 2 is 2.07 bits per heavy atom. The van der Waals surface area contributed by atoms with Crippen LogP contribution in [0.3, 0.4) is 0 Å². The molecule has 27 heavy (non-hydrogen) atoms. The Morgan fingerprint density at radius 1 is 1.33 bits per heavy atom. The molecule has 0 fully saturated rings. The summed E-state index contributed by atoms with van der Waals surface area (Å²) >= 11 is 0. The number of hydrogen-bond donors (Lipinski definition) is 2. The molecule has 0 aliphatic heterocycles. The number of halogens is 1. The van der Waals surface area contributed by atoms with Gasteiger partial charge in [-0.25, -0.2) is 17.1 Å². The summed E-state index contributed by atoms with van der Waals surface area (Å²) in [6.45, 7) is 5.83. The highest BCUT2D eigenvalue weighted by Crippen LogP contribution is 2.14. The third-order valence-electron chi connectivity index (χ3n) is 3.97. The number of ether oxygens (including phenoxy) is 1. The number of benzene rings is 1. The van der Waals surface area contributed by atoms with Crippen molar-refractivity contribution in [3.05, 3.63) is 30.1 Å². The van der Waals surface area contributed by atoms with Gasteiger partial charge in [-0.2, -0.15) is 0 Å². The van der Waals surface area contributed by atoms with E-state index in [4.69, 9.17) is 4.74 Å². The number of hydrogen-bond acceptors (Lipinski definition) is 4. The summed E-state index contributed by atoms with van der Waals surface area (Å²) in [5.41, 5.74) is 0. The molecular weight excluding hydrogens is 371 g/mol. The Morgan fingerprint density at radius 3 is 2.63 bits per heavy atom. The summed E-state index contributed by atoms with van der Waals surface area (Å²) in [4.78, 5) is 4.15. The van der Waals surface area contributed by atoms with Crippen LogP contribution in [0.4, 0.5) is 4.39 Å². The maximum Gasteiger partial charge on any atom is 0.211 e. The number of aliphatic imine (C=N–C) groups is 1. The second-order valence-corrected chi connectivity index (χ2v) is 8.08. The molecule has 1 rings (SSSR count). The third-order valence-corrected chi connectivity index (χ3v) is 5.35. The van der Waals surface area contributed by atoms with Crippen LogP contribution in [0.2, 0.25) is 0 Å². The number of nitrogens with zero attached hydrogens (tertiary/aromatic N) is 2. The van der Waals surface area contributed by atoms with Crippen LogP contribution in [0.1, 0.15) is 26.7 Å². The quantitative estimate of drug-likeness (QED) is 0.335. The van der Waals surface area contributed by atoms with Crippen molar-refractivity contribution in [1.29, 1.82) is 0 Å². The van der Waals surface area contributed by atoms with E-state index >= 15 is 0 Å². The normalized spacial score (nSPS) is 13.5. The SMILES string of the molecule is CCC(CNC(=NC)NCCCN(CC)S(C)(=O)=O)Oc1cccc(F)c1. The Kier molecular flexibility index (Phi) is 10.1. The van der Waals surface area contributed by atoms with Gasteiger partial charge in [-0.05, 0) is 25.0 Å². The third kappa shape index (κ3) is 9.05. The van der Waals surface area contributed by atoms with E-state index in [1.807, 2.05) is 13.8 Å². The van der Waals surface area contributed by atoms with Gasteiger partial charge >= 0.3 is 0 Å². The van der Waals surface area contributed by atoms with Crippen LogP contribution in [0.25, 0.3) is 0 Å². The van der Waals surface area contributed by atoms with Crippen molar-refractivity contribution in [2.75, 3.05) is 39.5 Å². The summed E-state index contributed by atoms with van der Waals surface area (Å²) in [5.74, 6) is 0.772. The molecule has 0 heterocycles. The zero-order valence-corrected chi connectivity index (χ0v) is 17.4. The smallest absolute Gasteiger partial charge is 0.211 e. The molecule has 0 spiro atoms. The number of nitrogens with one attached hydrogen (secondary N) is 2. The topological polar surface area (TPSA) is 83.0 Å². The molecule has 2 N–H and O–H groups in total. The Bertz CT molecular complexity index is 698. The van der Waals surface area contributed by atoms with Gasteiger partial charge in [-0.3, -0.25) is 4.99 Å². The van der Waals surface area contributed by atoms with Gasteiger partial charge < -0.3 is 15.4 Å². The van der Waals surface area contributed by atoms with Crippen molar-refractivity contribution in [2.45, 2.75) is 32.8 Å². The minimum Gasteiger partial charge on any atom is -0.489 e. The van der Waals surface area contributed by atoms with E-state index in [1.165, 1.54) is 22.7 Å². The van der Waals surface area contributed by atoms with Crippen LogP contribution in [0, 0.1) is 5.82 Å². The van der Waals surface area contributed by atoms with E-state index in [0.717, 1.165) is 6.42 Å². The Labute approximate surface area is 162 Å². The van der Waals surface area contributed by atoms with E-state index in [2.05, 4.69) is 15.6 Å². The molecule has 0 radical (unpaired) electrons. The summed E-state index contributed by atoms with van der Waals surface area (Å²) < 4.78 is 43.6. The molecule has 0 aliphatic carbocycles. The molecule has 154 valence electrons. The van der Waals surface area contributed by atoms with Gasteiger partial charge in [-0.1, -0.05) is 19.9 Å². The molecule has 0 amide bonds. The molecule has 0 saturated heterocycles. The Hall–Kier alpha value is -1.87. The minimum absolute atomic E-state index is 0.133. The lowest BCUT2D eigenvalue weighted by Crippen LogP contribution is -2.43. The van der Waals surface area contributed by atoms with Crippen molar-refractivity contribution >= 4 is 16.0 Å². The predicted octanol–water partition coefficient (Wildman–Crippen LogP) is 1.82. The zero-order valence-electron chi connectivity index (χ0n) is 16.5. The molecule has 0 bridgehead atoms. The van der Waals surface area contributed by atoms with Crippen LogP contribution >= 0.6 is 0 Å². The fourth-order valence-corrected chi connectivity index (χ4v) is 3.38. The first-order valence-corrected chi connectivity index (χ1v) is 11.0. The van der Waals surface area contributed by atoms with Gasteiger partial charge in [0, 0.05) is 32.7 Å². The lowest BCUT2D eigenvalue weighted by molar-refractivity contribution is 0.198. The van der Waals surface area contributed by atoms with E-state index in [9.17, 15) is 12.8 Å². The van der Waals surface area contributed by atoms with Crippen molar-refractivity contribution in [2.24, 2.45) is 4.99 Å². The predicted molar refractivity (Wildman–Crippen MR) is 107 cm³/mol. The highest BCUT2D eigenvalue weighted by molar-refractivity contribution is 7.88. The van der Waals surface area contributed by atoms with Crippen molar-refractivity contribution in [1.82, 2.24) is 14.9 Å². The monoisotopic (exact) mass is 402 g/mol. The standard InChI is InChI=1S/C18H31FN4O3S/c1-5-16(26-17-10-7-9-15(19)13-17)14-22-18(20-3)21-11-8-12-23(6-2)27(4,24)25/h7,9-10,13,16H,5-6,8,11-12,14H2,1-4H3,(H2,20,21,22). The van der Waals surface area contributed by atoms with E-state index in [1.54, 1.807) is 19.2 Å². The Balaban J connectivity index is 2.39. The largest absolute Gasteiger partial charge is 0.489 e. The maximum absolute atomic E-state index is 13.3. The van der Waals surface area contributed by atoms with Crippen LogP contribution < -0.4 is 15.4 Å². The van der Waals surface area contributed by atoms with Gasteiger partial charge in [-0.15, -0.1) is 0 Å². The molecule has 9 heteroatoms. The fraction of sp³-hybridized carbons (Fsp3) is 0.611. The molecular formula is C18H31FN4O3S. The molecule has 1 aromatic rings. The van der Waals surface area contributed by atoms with Crippen LogP contribution in [0.5, 0.6) is 5.75 Å². The average molecular weight is 403 g/mol. The van der Waals surface area contributed by atoms with E-state index in [0.29, 0.717) is 44.3 Å². The van der Waals surface area contributed by atoms with Crippen LogP contribution in [0.15, 0.2) is 29.3 Å². The first-order valence-electron chi connectivity index (χ1n) is 9.12. The maximum atomic E-state index is 13.3. The number of sulfonamides is 1. The summed E-state index contributed by atoms with van der Waals surface area (Å²) in [6.07, 6.45) is 2.50. The van der Waals surface area contributed by atoms with Crippen LogP contribution in [-0.4, -0.2) is 64.3 Å². The molecule has 1 aromatic carbocycles. The van der Waals surface area contributed by atoms with Crippen molar-refractivity contribution < 1.29 is 17.5 Å². The summed E-state index contributed by atoms with van der Waals surface area (Å²) in [5, 5.41) is 6.33. The minimum atomic E-state index is -3.16. The van der Waals surface area contributed by atoms with Gasteiger partial charge in [0.15, 0.2) is 5.96 Å². The molecule has 0 aromatic heterocycles. The molecule has 1 atom stereocenters. The van der Waals surface area contributed by atoms with E-state index in [-0.39, 0.29) is 11.9 Å². The highest BCUT2D eigenvalue weighted by atomic mass is 32.2. The summed E-state index contributed by atoms with van der Waals surface area (Å²) in [6, 6.07) is 6.07. The molecule has 0 aliphatic rings. The molecule has 1 unspecified atom stereocenters. The highest BCUT2D eigenvalue weighted by Gasteiger charge is 2.13. The fourth-order valence-electron chi connectivity index (χ4n) is 2.45. The first-order chi connectivity index (χ1) is 12.8. The average Bonchev–Trinajstić information content (AvgIpc) is 2.61. The second-order valence-electron chi connectivity index (χ2n) is 6.09. The zero-order chi connectivity index (χ0) is 20.3. The van der Waals surface area contributed by atoms with Crippen molar-refractivity contribution in [3.8, 4) is 5.75 Å². The van der Waals surface area contributed by atoms with Crippen LogP contribution in [-0.2, 0) is 10.0 Å². The van der Waals surface area contributed by atoms with Gasteiger partial charge in [0.05, 0.1) is 12.8 Å². The van der Waals surface area contributed by atoms with Crippen molar-refractivity contribution in [3.63, 3.8) is 0 Å². The van der Waals surface area contributed by atoms with Gasteiger partial charge in [0.1, 0.15) is 17.7 Å².